The zero-order valence-electron chi connectivity index (χ0n) is 7.37. The van der Waals surface area contributed by atoms with Crippen molar-refractivity contribution in [2.75, 3.05) is 27.7 Å². The maximum atomic E-state index is 10.4. The van der Waals surface area contributed by atoms with Crippen molar-refractivity contribution in [3.8, 4) is 0 Å². The monoisotopic (exact) mass is 161 g/mol. The van der Waals surface area contributed by atoms with Gasteiger partial charge in [-0.25, -0.2) is 0 Å². The standard InChI is InChI=1S/C7H16N2O2/c1-9(2,3)5-6(10)4-7(8)11/h6,10H,4-5H2,1-3H3,(H-,8,11)/p+1. The Morgan fingerprint density at radius 1 is 1.55 bits per heavy atom. The molecule has 3 N–H and O–H groups in total. The molecule has 4 nitrogen and oxygen atoms in total. The van der Waals surface area contributed by atoms with Crippen LogP contribution in [0.3, 0.4) is 0 Å². The quantitative estimate of drug-likeness (QED) is 0.516. The van der Waals surface area contributed by atoms with Crippen molar-refractivity contribution in [3.63, 3.8) is 0 Å². The fourth-order valence-electron chi connectivity index (χ4n) is 0.929. The van der Waals surface area contributed by atoms with Crippen LogP contribution in [-0.2, 0) is 4.79 Å². The first-order valence-corrected chi connectivity index (χ1v) is 3.58. The Morgan fingerprint density at radius 2 is 2.00 bits per heavy atom. The van der Waals surface area contributed by atoms with Gasteiger partial charge in [-0.3, -0.25) is 4.79 Å². The van der Waals surface area contributed by atoms with Crippen LogP contribution in [0.2, 0.25) is 0 Å². The Balaban J connectivity index is 3.69. The number of aliphatic hydroxyl groups excluding tert-OH is 1. The number of quaternary nitrogens is 1. The van der Waals surface area contributed by atoms with Crippen LogP contribution in [0.1, 0.15) is 6.42 Å². The molecule has 1 amide bonds. The molecule has 66 valence electrons. The molecule has 0 bridgehead atoms. The van der Waals surface area contributed by atoms with E-state index in [9.17, 15) is 9.90 Å². The van der Waals surface area contributed by atoms with Crippen LogP contribution in [0.15, 0.2) is 0 Å². The highest BCUT2D eigenvalue weighted by molar-refractivity contribution is 5.74. The summed E-state index contributed by atoms with van der Waals surface area (Å²) in [4.78, 5) is 10.4. The number of hydrogen-bond acceptors (Lipinski definition) is 2. The van der Waals surface area contributed by atoms with E-state index in [0.29, 0.717) is 11.0 Å². The van der Waals surface area contributed by atoms with Gasteiger partial charge in [0.05, 0.1) is 27.6 Å². The van der Waals surface area contributed by atoms with Gasteiger partial charge in [-0.15, -0.1) is 0 Å². The summed E-state index contributed by atoms with van der Waals surface area (Å²) < 4.78 is 0.633. The Bertz CT molecular complexity index is 140. The molecule has 0 aliphatic rings. The lowest BCUT2D eigenvalue weighted by atomic mass is 10.2. The lowest BCUT2D eigenvalue weighted by Crippen LogP contribution is -2.42. The third-order valence-corrected chi connectivity index (χ3v) is 1.20. The number of aliphatic hydroxyl groups is 1. The Hall–Kier alpha value is -0.610. The summed E-state index contributed by atoms with van der Waals surface area (Å²) in [7, 11) is 5.85. The molecule has 0 radical (unpaired) electrons. The molecule has 0 saturated heterocycles. The minimum atomic E-state index is -0.618. The third kappa shape index (κ3) is 7.29. The molecule has 0 aromatic rings. The first-order chi connectivity index (χ1) is 4.81. The molecular formula is C7H17N2O2+. The van der Waals surface area contributed by atoms with Crippen LogP contribution in [0, 0.1) is 0 Å². The fraction of sp³-hybridized carbons (Fsp3) is 0.857. The molecule has 0 fully saturated rings. The molecule has 0 aromatic carbocycles. The van der Waals surface area contributed by atoms with E-state index in [1.807, 2.05) is 21.1 Å². The summed E-state index contributed by atoms with van der Waals surface area (Å²) in [5.74, 6) is -0.453. The first-order valence-electron chi connectivity index (χ1n) is 3.58. The second-order valence-electron chi connectivity index (χ2n) is 3.80. The predicted octanol–water partition coefficient (Wildman–Crippen LogP) is -1.07. The van der Waals surface area contributed by atoms with Gasteiger partial charge in [0, 0.05) is 0 Å². The molecule has 4 heteroatoms. The van der Waals surface area contributed by atoms with Crippen molar-refractivity contribution in [1.82, 2.24) is 0 Å². The molecule has 0 aliphatic carbocycles. The van der Waals surface area contributed by atoms with Gasteiger partial charge >= 0.3 is 0 Å². The molecule has 0 rings (SSSR count). The minimum absolute atomic E-state index is 0.0511. The summed E-state index contributed by atoms with van der Waals surface area (Å²) in [5, 5.41) is 9.24. The molecule has 1 unspecified atom stereocenters. The van der Waals surface area contributed by atoms with E-state index >= 15 is 0 Å². The van der Waals surface area contributed by atoms with Gasteiger partial charge in [-0.2, -0.15) is 0 Å². The highest BCUT2D eigenvalue weighted by atomic mass is 16.3. The van der Waals surface area contributed by atoms with Crippen LogP contribution in [0.5, 0.6) is 0 Å². The van der Waals surface area contributed by atoms with Crippen LogP contribution < -0.4 is 5.73 Å². The van der Waals surface area contributed by atoms with E-state index < -0.39 is 12.0 Å². The number of primary amides is 1. The number of nitrogens with zero attached hydrogens (tertiary/aromatic N) is 1. The third-order valence-electron chi connectivity index (χ3n) is 1.20. The fourth-order valence-corrected chi connectivity index (χ4v) is 0.929. The topological polar surface area (TPSA) is 63.3 Å². The van der Waals surface area contributed by atoms with Gasteiger partial charge in [0.2, 0.25) is 5.91 Å². The van der Waals surface area contributed by atoms with E-state index in [2.05, 4.69) is 0 Å². The summed E-state index contributed by atoms with van der Waals surface area (Å²) >= 11 is 0. The van der Waals surface area contributed by atoms with Crippen molar-refractivity contribution in [2.24, 2.45) is 5.73 Å². The molecule has 1 atom stereocenters. The average Bonchev–Trinajstić information content (AvgIpc) is 1.53. The van der Waals surface area contributed by atoms with Gasteiger partial charge in [0.15, 0.2) is 0 Å². The molecule has 0 saturated carbocycles. The van der Waals surface area contributed by atoms with E-state index in [4.69, 9.17) is 5.73 Å². The van der Waals surface area contributed by atoms with Gasteiger partial charge < -0.3 is 15.3 Å². The van der Waals surface area contributed by atoms with Crippen molar-refractivity contribution in [2.45, 2.75) is 12.5 Å². The number of amides is 1. The van der Waals surface area contributed by atoms with Gasteiger partial charge in [0.25, 0.3) is 0 Å². The van der Waals surface area contributed by atoms with Crippen molar-refractivity contribution < 1.29 is 14.4 Å². The zero-order valence-corrected chi connectivity index (χ0v) is 7.37. The SMILES string of the molecule is C[N+](C)(C)CC(O)CC(N)=O. The van der Waals surface area contributed by atoms with Crippen LogP contribution in [-0.4, -0.2) is 49.3 Å². The summed E-state index contributed by atoms with van der Waals surface area (Å²) in [5.41, 5.74) is 4.91. The van der Waals surface area contributed by atoms with Crippen molar-refractivity contribution in [1.29, 1.82) is 0 Å². The van der Waals surface area contributed by atoms with Crippen molar-refractivity contribution in [3.05, 3.63) is 0 Å². The van der Waals surface area contributed by atoms with Gasteiger partial charge in [-0.1, -0.05) is 0 Å². The zero-order chi connectivity index (χ0) is 9.07. The Labute approximate surface area is 67.2 Å². The number of likely N-dealkylation sites (N-methyl/N-ethyl adjacent to an activating group) is 1. The number of hydrogen-bond donors (Lipinski definition) is 2. The number of carbonyl (C=O) groups excluding carboxylic acids is 1. The molecule has 0 heterocycles. The summed E-state index contributed by atoms with van der Waals surface area (Å²) in [6, 6.07) is 0. The van der Waals surface area contributed by atoms with Gasteiger partial charge in [0.1, 0.15) is 12.6 Å². The van der Waals surface area contributed by atoms with E-state index in [-0.39, 0.29) is 6.42 Å². The Morgan fingerprint density at radius 3 is 2.27 bits per heavy atom. The van der Waals surface area contributed by atoms with Crippen LogP contribution >= 0.6 is 0 Å². The molecular weight excluding hydrogens is 144 g/mol. The number of nitrogens with two attached hydrogens (primary N) is 1. The maximum absolute atomic E-state index is 10.4. The number of carbonyl (C=O) groups is 1. The second-order valence-corrected chi connectivity index (χ2v) is 3.80. The second kappa shape index (κ2) is 3.69. The molecule has 11 heavy (non-hydrogen) atoms. The molecule has 0 spiro atoms. The van der Waals surface area contributed by atoms with Crippen LogP contribution in [0.25, 0.3) is 0 Å². The smallest absolute Gasteiger partial charge is 0.220 e. The van der Waals surface area contributed by atoms with Crippen LogP contribution in [0.4, 0.5) is 0 Å². The average molecular weight is 161 g/mol. The minimum Gasteiger partial charge on any atom is -0.387 e. The first kappa shape index (κ1) is 10.4. The van der Waals surface area contributed by atoms with E-state index in [1.165, 1.54) is 0 Å². The number of rotatable bonds is 4. The Kier molecular flexibility index (Phi) is 3.48. The summed E-state index contributed by atoms with van der Waals surface area (Å²) in [6.07, 6.45) is -0.567. The lowest BCUT2D eigenvalue weighted by Gasteiger charge is -2.26. The van der Waals surface area contributed by atoms with Gasteiger partial charge in [-0.05, 0) is 0 Å². The molecule has 0 aromatic heterocycles. The normalized spacial score (nSPS) is 14.5. The van der Waals surface area contributed by atoms with E-state index in [1.54, 1.807) is 0 Å². The van der Waals surface area contributed by atoms with Crippen molar-refractivity contribution >= 4 is 5.91 Å². The summed E-state index contributed by atoms with van der Waals surface area (Å²) in [6.45, 7) is 0.545. The molecule has 0 aliphatic heterocycles. The van der Waals surface area contributed by atoms with E-state index in [0.717, 1.165) is 0 Å². The highest BCUT2D eigenvalue weighted by Gasteiger charge is 2.16. The lowest BCUT2D eigenvalue weighted by molar-refractivity contribution is -0.873. The maximum Gasteiger partial charge on any atom is 0.220 e. The predicted molar refractivity (Wildman–Crippen MR) is 42.7 cm³/mol. The largest absolute Gasteiger partial charge is 0.387 e. The highest BCUT2D eigenvalue weighted by Crippen LogP contribution is 1.97.